The van der Waals surface area contributed by atoms with Gasteiger partial charge in [0.15, 0.2) is 0 Å². The predicted molar refractivity (Wildman–Crippen MR) is 73.1 cm³/mol. The van der Waals surface area contributed by atoms with Gasteiger partial charge in [-0.3, -0.25) is 0 Å². The number of rotatable bonds is 7. The van der Waals surface area contributed by atoms with Gasteiger partial charge in [-0.2, -0.15) is 5.26 Å². The summed E-state index contributed by atoms with van der Waals surface area (Å²) < 4.78 is 18.9. The molecular formula is C15H21FN2O. The van der Waals surface area contributed by atoms with E-state index in [4.69, 9.17) is 10.00 Å². The third-order valence-electron chi connectivity index (χ3n) is 3.10. The quantitative estimate of drug-likeness (QED) is 0.823. The number of ether oxygens (including phenoxy) is 1. The van der Waals surface area contributed by atoms with Crippen LogP contribution in [-0.4, -0.2) is 20.3 Å². The summed E-state index contributed by atoms with van der Waals surface area (Å²) >= 11 is 0. The van der Waals surface area contributed by atoms with E-state index in [1.165, 1.54) is 6.07 Å². The van der Waals surface area contributed by atoms with Gasteiger partial charge in [-0.15, -0.1) is 0 Å². The maximum Gasteiger partial charge on any atom is 0.145 e. The van der Waals surface area contributed by atoms with Crippen molar-refractivity contribution >= 4 is 0 Å². The van der Waals surface area contributed by atoms with Crippen LogP contribution >= 0.6 is 0 Å². The molecule has 1 aromatic carbocycles. The average molecular weight is 264 g/mol. The number of hydrogen-bond donors (Lipinski definition) is 1. The van der Waals surface area contributed by atoms with Crippen molar-refractivity contribution in [1.82, 2.24) is 5.32 Å². The van der Waals surface area contributed by atoms with E-state index in [2.05, 4.69) is 19.2 Å². The molecule has 0 bridgehead atoms. The molecule has 1 N–H and O–H groups in total. The molecule has 0 aliphatic carbocycles. The van der Waals surface area contributed by atoms with E-state index < -0.39 is 5.82 Å². The fraction of sp³-hybridized carbons (Fsp3) is 0.533. The van der Waals surface area contributed by atoms with Crippen LogP contribution in [0.15, 0.2) is 18.2 Å². The van der Waals surface area contributed by atoms with Gasteiger partial charge in [0.1, 0.15) is 11.9 Å². The van der Waals surface area contributed by atoms with E-state index >= 15 is 0 Å². The van der Waals surface area contributed by atoms with Crippen molar-refractivity contribution in [3.63, 3.8) is 0 Å². The largest absolute Gasteiger partial charge is 0.385 e. The maximum atomic E-state index is 13.8. The Bertz CT molecular complexity index is 452. The highest BCUT2D eigenvalue weighted by Crippen LogP contribution is 2.19. The van der Waals surface area contributed by atoms with Crippen LogP contribution in [0.3, 0.4) is 0 Å². The molecule has 19 heavy (non-hydrogen) atoms. The summed E-state index contributed by atoms with van der Waals surface area (Å²) in [5, 5.41) is 12.0. The first kappa shape index (κ1) is 15.6. The number of methoxy groups -OCH3 is 1. The molecule has 0 radical (unpaired) electrons. The minimum absolute atomic E-state index is 0.0953. The fourth-order valence-corrected chi connectivity index (χ4v) is 1.80. The van der Waals surface area contributed by atoms with Crippen LogP contribution in [0, 0.1) is 22.6 Å². The standard InChI is InChI=1S/C15H21FN2O/c1-15(2,7-8-19-3)11-18-10-13-6-4-5-12(9-17)14(13)16/h4-6,18H,7-8,10-11H2,1-3H3. The van der Waals surface area contributed by atoms with E-state index in [0.29, 0.717) is 18.7 Å². The minimum Gasteiger partial charge on any atom is -0.385 e. The van der Waals surface area contributed by atoms with Gasteiger partial charge in [-0.1, -0.05) is 26.0 Å². The van der Waals surface area contributed by atoms with Crippen LogP contribution in [0.25, 0.3) is 0 Å². The molecule has 4 heteroatoms. The SMILES string of the molecule is COCCC(C)(C)CNCc1cccc(C#N)c1F. The summed E-state index contributed by atoms with van der Waals surface area (Å²) in [6, 6.07) is 6.74. The number of benzene rings is 1. The number of hydrogen-bond acceptors (Lipinski definition) is 3. The lowest BCUT2D eigenvalue weighted by atomic mass is 9.89. The van der Waals surface area contributed by atoms with E-state index in [1.54, 1.807) is 19.2 Å². The van der Waals surface area contributed by atoms with Crippen molar-refractivity contribution in [1.29, 1.82) is 5.26 Å². The molecule has 0 heterocycles. The molecule has 3 nitrogen and oxygen atoms in total. The zero-order chi connectivity index (χ0) is 14.3. The molecular weight excluding hydrogens is 243 g/mol. The molecule has 0 aliphatic rings. The summed E-state index contributed by atoms with van der Waals surface area (Å²) in [7, 11) is 1.69. The van der Waals surface area contributed by atoms with E-state index in [1.807, 2.05) is 6.07 Å². The Morgan fingerprint density at radius 1 is 1.42 bits per heavy atom. The van der Waals surface area contributed by atoms with Gasteiger partial charge in [0.2, 0.25) is 0 Å². The second-order valence-electron chi connectivity index (χ2n) is 5.40. The molecule has 0 aromatic heterocycles. The Labute approximate surface area is 114 Å². The van der Waals surface area contributed by atoms with Crippen molar-refractivity contribution in [3.8, 4) is 6.07 Å². The van der Waals surface area contributed by atoms with E-state index in [9.17, 15) is 4.39 Å². The van der Waals surface area contributed by atoms with Gasteiger partial charge in [-0.25, -0.2) is 4.39 Å². The molecule has 1 aromatic rings. The first-order valence-electron chi connectivity index (χ1n) is 6.37. The van der Waals surface area contributed by atoms with Gasteiger partial charge in [0.05, 0.1) is 5.56 Å². The minimum atomic E-state index is -0.424. The van der Waals surface area contributed by atoms with E-state index in [0.717, 1.165) is 13.0 Å². The number of nitrogens with zero attached hydrogens (tertiary/aromatic N) is 1. The highest BCUT2D eigenvalue weighted by molar-refractivity contribution is 5.34. The van der Waals surface area contributed by atoms with Crippen LogP contribution in [0.5, 0.6) is 0 Å². The van der Waals surface area contributed by atoms with Crippen molar-refractivity contribution in [2.75, 3.05) is 20.3 Å². The summed E-state index contributed by atoms with van der Waals surface area (Å²) in [6.45, 7) is 6.19. The highest BCUT2D eigenvalue weighted by Gasteiger charge is 2.17. The molecule has 1 rings (SSSR count). The van der Waals surface area contributed by atoms with Crippen molar-refractivity contribution in [2.24, 2.45) is 5.41 Å². The lowest BCUT2D eigenvalue weighted by molar-refractivity contribution is 0.150. The van der Waals surface area contributed by atoms with Gasteiger partial charge in [-0.05, 0) is 17.9 Å². The second kappa shape index (κ2) is 7.22. The van der Waals surface area contributed by atoms with Crippen molar-refractivity contribution < 1.29 is 9.13 Å². The Kier molecular flexibility index (Phi) is 5.94. The van der Waals surface area contributed by atoms with Crippen LogP contribution in [0.4, 0.5) is 4.39 Å². The Hall–Kier alpha value is -1.44. The lowest BCUT2D eigenvalue weighted by Crippen LogP contribution is -2.30. The van der Waals surface area contributed by atoms with Gasteiger partial charge >= 0.3 is 0 Å². The van der Waals surface area contributed by atoms with Crippen LogP contribution in [-0.2, 0) is 11.3 Å². The van der Waals surface area contributed by atoms with E-state index in [-0.39, 0.29) is 11.0 Å². The average Bonchev–Trinajstić information content (AvgIpc) is 2.38. The fourth-order valence-electron chi connectivity index (χ4n) is 1.80. The second-order valence-corrected chi connectivity index (χ2v) is 5.40. The first-order valence-corrected chi connectivity index (χ1v) is 6.37. The predicted octanol–water partition coefficient (Wildman–Crippen LogP) is 2.85. The molecule has 0 atom stereocenters. The van der Waals surface area contributed by atoms with Gasteiger partial charge in [0, 0.05) is 32.4 Å². The molecule has 0 fully saturated rings. The molecule has 0 unspecified atom stereocenters. The summed E-state index contributed by atoms with van der Waals surface area (Å²) in [4.78, 5) is 0. The zero-order valence-corrected chi connectivity index (χ0v) is 11.8. The molecule has 0 amide bonds. The lowest BCUT2D eigenvalue weighted by Gasteiger charge is -2.24. The zero-order valence-electron chi connectivity index (χ0n) is 11.8. The smallest absolute Gasteiger partial charge is 0.145 e. The number of nitrogens with one attached hydrogen (secondary N) is 1. The summed E-state index contributed by atoms with van der Waals surface area (Å²) in [5.74, 6) is -0.424. The molecule has 0 aliphatic heterocycles. The Morgan fingerprint density at radius 3 is 2.79 bits per heavy atom. The van der Waals surface area contributed by atoms with Gasteiger partial charge in [0.25, 0.3) is 0 Å². The monoisotopic (exact) mass is 264 g/mol. The topological polar surface area (TPSA) is 45.0 Å². The third kappa shape index (κ3) is 4.98. The van der Waals surface area contributed by atoms with Crippen molar-refractivity contribution in [3.05, 3.63) is 35.1 Å². The molecule has 0 spiro atoms. The van der Waals surface area contributed by atoms with Crippen LogP contribution in [0.2, 0.25) is 0 Å². The highest BCUT2D eigenvalue weighted by atomic mass is 19.1. The summed E-state index contributed by atoms with van der Waals surface area (Å²) in [6.07, 6.45) is 0.942. The Morgan fingerprint density at radius 2 is 2.16 bits per heavy atom. The van der Waals surface area contributed by atoms with Crippen molar-refractivity contribution in [2.45, 2.75) is 26.8 Å². The number of nitriles is 1. The first-order chi connectivity index (χ1) is 9.00. The molecule has 0 saturated carbocycles. The molecule has 0 saturated heterocycles. The maximum absolute atomic E-state index is 13.8. The Balaban J connectivity index is 2.52. The number of halogens is 1. The third-order valence-corrected chi connectivity index (χ3v) is 3.10. The van der Waals surface area contributed by atoms with Crippen LogP contribution in [0.1, 0.15) is 31.4 Å². The summed E-state index contributed by atoms with van der Waals surface area (Å²) in [5.41, 5.74) is 0.721. The van der Waals surface area contributed by atoms with Crippen LogP contribution < -0.4 is 5.32 Å². The molecule has 104 valence electrons. The normalized spacial score (nSPS) is 11.3. The van der Waals surface area contributed by atoms with Gasteiger partial charge < -0.3 is 10.1 Å².